The Hall–Kier alpha value is -1.89. The quantitative estimate of drug-likeness (QED) is 0.645. The summed E-state index contributed by atoms with van der Waals surface area (Å²) in [5.41, 5.74) is -2.32. The average Bonchev–Trinajstić information content (AvgIpc) is 2.25. The number of β-amino-alcohol motifs (C(OH)–C–C–N with tert-alkyl or cyclic N) is 1. The van der Waals surface area contributed by atoms with Crippen LogP contribution in [0.3, 0.4) is 0 Å². The molecule has 0 bridgehead atoms. The van der Waals surface area contributed by atoms with Gasteiger partial charge in [-0.2, -0.15) is 0 Å². The lowest BCUT2D eigenvalue weighted by atomic mass is 9.89. The second-order valence-corrected chi connectivity index (χ2v) is 4.62. The molecule has 7 nitrogen and oxygen atoms in total. The highest BCUT2D eigenvalue weighted by Crippen LogP contribution is 2.26. The summed E-state index contributed by atoms with van der Waals surface area (Å²) < 4.78 is 0. The Balaban J connectivity index is 2.11. The first-order valence-corrected chi connectivity index (χ1v) is 5.79. The van der Waals surface area contributed by atoms with Gasteiger partial charge in [-0.25, -0.2) is 4.79 Å². The molecule has 0 aliphatic carbocycles. The summed E-state index contributed by atoms with van der Waals surface area (Å²) in [5.74, 6) is -0.478. The largest absolute Gasteiger partial charge is 0.386 e. The van der Waals surface area contributed by atoms with Crippen molar-refractivity contribution in [2.75, 3.05) is 13.1 Å². The van der Waals surface area contributed by atoms with Crippen LogP contribution in [0.4, 0.5) is 0 Å². The Morgan fingerprint density at radius 3 is 2.72 bits per heavy atom. The highest BCUT2D eigenvalue weighted by atomic mass is 16.3. The molecule has 1 aromatic rings. The van der Waals surface area contributed by atoms with Gasteiger partial charge in [-0.1, -0.05) is 13.3 Å². The molecule has 1 amide bonds. The second-order valence-electron chi connectivity index (χ2n) is 4.62. The number of rotatable bonds is 3. The minimum absolute atomic E-state index is 0.117. The predicted octanol–water partition coefficient (Wildman–Crippen LogP) is -0.950. The summed E-state index contributed by atoms with van der Waals surface area (Å²) in [7, 11) is 0. The van der Waals surface area contributed by atoms with Crippen LogP contribution in [0.15, 0.2) is 15.8 Å². The molecule has 0 unspecified atom stereocenters. The summed E-state index contributed by atoms with van der Waals surface area (Å²) in [6.07, 6.45) is 2.55. The molecular weight excluding hydrogens is 238 g/mol. The van der Waals surface area contributed by atoms with E-state index in [4.69, 9.17) is 0 Å². The highest BCUT2D eigenvalue weighted by molar-refractivity contribution is 5.94. The fourth-order valence-electron chi connectivity index (χ4n) is 2.17. The van der Waals surface area contributed by atoms with E-state index in [9.17, 15) is 19.5 Å². The van der Waals surface area contributed by atoms with Crippen molar-refractivity contribution in [1.29, 1.82) is 0 Å². The predicted molar refractivity (Wildman–Crippen MR) is 63.4 cm³/mol. The van der Waals surface area contributed by atoms with Crippen LogP contribution >= 0.6 is 0 Å². The maximum atomic E-state index is 11.9. The highest BCUT2D eigenvalue weighted by Gasteiger charge is 2.43. The van der Waals surface area contributed by atoms with Crippen molar-refractivity contribution in [2.24, 2.45) is 0 Å². The van der Waals surface area contributed by atoms with Crippen molar-refractivity contribution < 1.29 is 9.90 Å². The lowest BCUT2D eigenvalue weighted by molar-refractivity contribution is -0.0860. The molecule has 0 aromatic carbocycles. The number of nitrogens with zero attached hydrogens (tertiary/aromatic N) is 1. The number of carbonyl (C=O) groups excluding carboxylic acids is 1. The molecule has 1 saturated heterocycles. The smallest absolute Gasteiger partial charge is 0.325 e. The van der Waals surface area contributed by atoms with Crippen LogP contribution in [-0.4, -0.2) is 44.6 Å². The molecule has 2 heterocycles. The molecule has 18 heavy (non-hydrogen) atoms. The minimum Gasteiger partial charge on any atom is -0.386 e. The van der Waals surface area contributed by atoms with E-state index in [-0.39, 0.29) is 18.7 Å². The Morgan fingerprint density at radius 1 is 1.50 bits per heavy atom. The third-order valence-corrected chi connectivity index (χ3v) is 3.02. The van der Waals surface area contributed by atoms with E-state index < -0.39 is 22.8 Å². The van der Waals surface area contributed by atoms with E-state index >= 15 is 0 Å². The molecular formula is C11H15N3O4. The average molecular weight is 253 g/mol. The number of carbonyl (C=O) groups is 1. The van der Waals surface area contributed by atoms with Crippen molar-refractivity contribution in [3.05, 3.63) is 32.6 Å². The number of hydrogen-bond donors (Lipinski definition) is 3. The number of likely N-dealkylation sites (tertiary alicyclic amines) is 1. The number of amides is 1. The summed E-state index contributed by atoms with van der Waals surface area (Å²) in [4.78, 5) is 39.8. The molecule has 1 aliphatic heterocycles. The van der Waals surface area contributed by atoms with E-state index in [2.05, 4.69) is 4.98 Å². The summed E-state index contributed by atoms with van der Waals surface area (Å²) in [6.45, 7) is 2.39. The van der Waals surface area contributed by atoms with Crippen LogP contribution < -0.4 is 11.2 Å². The van der Waals surface area contributed by atoms with Gasteiger partial charge in [-0.15, -0.1) is 0 Å². The van der Waals surface area contributed by atoms with Crippen molar-refractivity contribution in [1.82, 2.24) is 14.9 Å². The fourth-order valence-corrected chi connectivity index (χ4v) is 2.17. The second kappa shape index (κ2) is 4.41. The van der Waals surface area contributed by atoms with Crippen molar-refractivity contribution >= 4 is 5.91 Å². The van der Waals surface area contributed by atoms with Gasteiger partial charge in [0.15, 0.2) is 0 Å². The van der Waals surface area contributed by atoms with Gasteiger partial charge >= 0.3 is 5.69 Å². The topological polar surface area (TPSA) is 106 Å². The molecule has 0 saturated carbocycles. The molecule has 98 valence electrons. The van der Waals surface area contributed by atoms with Gasteiger partial charge in [0.25, 0.3) is 11.5 Å². The maximum absolute atomic E-state index is 11.9. The number of aliphatic hydroxyl groups is 1. The van der Waals surface area contributed by atoms with E-state index in [0.29, 0.717) is 6.42 Å². The molecule has 0 spiro atoms. The van der Waals surface area contributed by atoms with Crippen LogP contribution in [-0.2, 0) is 0 Å². The lowest BCUT2D eigenvalue weighted by Crippen LogP contribution is -2.63. The number of hydrogen-bond acceptors (Lipinski definition) is 4. The molecule has 0 radical (unpaired) electrons. The minimum atomic E-state index is -0.834. The van der Waals surface area contributed by atoms with Crippen molar-refractivity contribution in [3.63, 3.8) is 0 Å². The van der Waals surface area contributed by atoms with Gasteiger partial charge in [0.1, 0.15) is 5.56 Å². The molecule has 2 rings (SSSR count). The molecule has 1 fully saturated rings. The van der Waals surface area contributed by atoms with Gasteiger partial charge in [-0.05, 0) is 6.42 Å². The van der Waals surface area contributed by atoms with E-state index in [1.54, 1.807) is 0 Å². The lowest BCUT2D eigenvalue weighted by Gasteiger charge is -2.46. The number of aromatic amines is 2. The first kappa shape index (κ1) is 12.6. The molecule has 3 N–H and O–H groups in total. The number of nitrogens with one attached hydrogen (secondary N) is 2. The number of H-pyrrole nitrogens is 2. The van der Waals surface area contributed by atoms with E-state index in [1.165, 1.54) is 4.90 Å². The van der Waals surface area contributed by atoms with Gasteiger partial charge in [0, 0.05) is 6.20 Å². The Labute approximate surface area is 102 Å². The zero-order valence-electron chi connectivity index (χ0n) is 10.0. The van der Waals surface area contributed by atoms with Crippen LogP contribution in [0.5, 0.6) is 0 Å². The summed E-state index contributed by atoms with van der Waals surface area (Å²) in [6, 6.07) is 0. The first-order valence-electron chi connectivity index (χ1n) is 5.79. The standard InChI is InChI=1S/C11H15N3O4/c1-2-3-11(18)5-14(6-11)9(16)7-4-12-10(17)13-8(7)15/h4,18H,2-3,5-6H2,1H3,(H2,12,13,15,17). The molecule has 1 aliphatic rings. The first-order chi connectivity index (χ1) is 8.45. The third-order valence-electron chi connectivity index (χ3n) is 3.02. The van der Waals surface area contributed by atoms with Gasteiger partial charge in [0.2, 0.25) is 0 Å². The SMILES string of the molecule is CCCC1(O)CN(C(=O)c2c[nH]c(=O)[nH]c2=O)C1. The summed E-state index contributed by atoms with van der Waals surface area (Å²) in [5, 5.41) is 9.95. The van der Waals surface area contributed by atoms with E-state index in [0.717, 1.165) is 12.6 Å². The number of aromatic nitrogens is 2. The monoisotopic (exact) mass is 253 g/mol. The Kier molecular flexibility index (Phi) is 3.08. The Morgan fingerprint density at radius 2 is 2.17 bits per heavy atom. The van der Waals surface area contributed by atoms with Gasteiger partial charge in [0.05, 0.1) is 18.7 Å². The fraction of sp³-hybridized carbons (Fsp3) is 0.545. The van der Waals surface area contributed by atoms with E-state index in [1.807, 2.05) is 11.9 Å². The van der Waals surface area contributed by atoms with Crippen LogP contribution in [0.2, 0.25) is 0 Å². The van der Waals surface area contributed by atoms with Crippen LogP contribution in [0.25, 0.3) is 0 Å². The third kappa shape index (κ3) is 2.21. The normalized spacial score (nSPS) is 17.3. The zero-order chi connectivity index (χ0) is 13.3. The molecule has 7 heteroatoms. The Bertz CT molecular complexity index is 568. The van der Waals surface area contributed by atoms with Crippen LogP contribution in [0, 0.1) is 0 Å². The van der Waals surface area contributed by atoms with Crippen LogP contribution in [0.1, 0.15) is 30.1 Å². The molecule has 0 atom stereocenters. The van der Waals surface area contributed by atoms with Gasteiger partial charge < -0.3 is 15.0 Å². The zero-order valence-corrected chi connectivity index (χ0v) is 10.0. The maximum Gasteiger partial charge on any atom is 0.325 e. The van der Waals surface area contributed by atoms with Crippen molar-refractivity contribution in [3.8, 4) is 0 Å². The summed E-state index contributed by atoms with van der Waals surface area (Å²) >= 11 is 0. The molecule has 1 aromatic heterocycles. The van der Waals surface area contributed by atoms with Crippen molar-refractivity contribution in [2.45, 2.75) is 25.4 Å². The van der Waals surface area contributed by atoms with Gasteiger partial charge in [-0.3, -0.25) is 14.6 Å².